The monoisotopic (exact) mass is 547 g/mol. The fourth-order valence-corrected chi connectivity index (χ4v) is 6.78. The van der Waals surface area contributed by atoms with Gasteiger partial charge in [0, 0.05) is 56.4 Å². The minimum atomic E-state index is 0.285. The molecule has 3 atom stereocenters. The number of piperazine rings is 1. The summed E-state index contributed by atoms with van der Waals surface area (Å²) >= 11 is 0. The van der Waals surface area contributed by atoms with Crippen LogP contribution in [0.3, 0.4) is 0 Å². The zero-order valence-corrected chi connectivity index (χ0v) is 25.3. The Kier molecular flexibility index (Phi) is 9.16. The van der Waals surface area contributed by atoms with Gasteiger partial charge in [0.1, 0.15) is 0 Å². The smallest absolute Gasteiger partial charge is 0.166 e. The number of pyridine rings is 1. The second kappa shape index (κ2) is 12.8. The van der Waals surface area contributed by atoms with Crippen molar-refractivity contribution < 1.29 is 4.74 Å². The molecule has 0 aromatic carbocycles. The first-order chi connectivity index (χ1) is 19.3. The van der Waals surface area contributed by atoms with Crippen LogP contribution >= 0.6 is 0 Å². The molecule has 0 bridgehead atoms. The van der Waals surface area contributed by atoms with E-state index < -0.39 is 0 Å². The number of nitrogen functional groups attached to an aromatic ring is 1. The number of hydrogen-bond acceptors (Lipinski definition) is 7. The van der Waals surface area contributed by atoms with Crippen LogP contribution in [0.4, 0.5) is 5.82 Å². The van der Waals surface area contributed by atoms with Gasteiger partial charge in [-0.15, -0.1) is 0 Å². The first kappa shape index (κ1) is 28.7. The third-order valence-corrected chi connectivity index (χ3v) is 9.21. The van der Waals surface area contributed by atoms with Crippen molar-refractivity contribution >= 4 is 5.82 Å². The van der Waals surface area contributed by atoms with E-state index in [0.29, 0.717) is 23.4 Å². The minimum Gasteiger partial charge on any atom is -0.493 e. The maximum atomic E-state index is 6.03. The Balaban J connectivity index is 1.24. The Hall–Kier alpha value is -2.84. The van der Waals surface area contributed by atoms with E-state index >= 15 is 0 Å². The highest BCUT2D eigenvalue weighted by Crippen LogP contribution is 2.36. The SMILES string of the molecule is CCC(CN1CCC(CCc2ccc(OC)c(N)n2)C1)C1=CC(N2CCN(C)CC2)=CC(n2nc(C)cc2C)C1. The van der Waals surface area contributed by atoms with Crippen molar-refractivity contribution in [2.24, 2.45) is 11.8 Å². The van der Waals surface area contributed by atoms with E-state index in [1.165, 1.54) is 37.3 Å². The Morgan fingerprint density at radius 2 is 1.93 bits per heavy atom. The van der Waals surface area contributed by atoms with Crippen molar-refractivity contribution in [3.05, 3.63) is 58.7 Å². The molecule has 40 heavy (non-hydrogen) atoms. The molecule has 1 aliphatic carbocycles. The predicted molar refractivity (Wildman–Crippen MR) is 162 cm³/mol. The average molecular weight is 548 g/mol. The molecular formula is C32H49N7O. The van der Waals surface area contributed by atoms with Crippen LogP contribution in [0.25, 0.3) is 0 Å². The van der Waals surface area contributed by atoms with Gasteiger partial charge in [-0.05, 0) is 102 Å². The number of likely N-dealkylation sites (N-methyl/N-ethyl adjacent to an activating group) is 1. The molecule has 0 spiro atoms. The lowest BCUT2D eigenvalue weighted by molar-refractivity contribution is 0.187. The minimum absolute atomic E-state index is 0.285. The molecule has 2 aliphatic heterocycles. The van der Waals surface area contributed by atoms with Crippen molar-refractivity contribution in [1.29, 1.82) is 0 Å². The van der Waals surface area contributed by atoms with Crippen molar-refractivity contribution in [3.8, 4) is 5.75 Å². The van der Waals surface area contributed by atoms with E-state index in [2.05, 4.69) is 76.5 Å². The Morgan fingerprint density at radius 3 is 2.60 bits per heavy atom. The molecule has 5 rings (SSSR count). The molecule has 218 valence electrons. The Bertz CT molecular complexity index is 1210. The molecule has 3 aliphatic rings. The first-order valence-corrected chi connectivity index (χ1v) is 15.2. The second-order valence-corrected chi connectivity index (χ2v) is 12.2. The Morgan fingerprint density at radius 1 is 1.12 bits per heavy atom. The number of allylic oxidation sites excluding steroid dienone is 2. The predicted octanol–water partition coefficient (Wildman–Crippen LogP) is 4.47. The summed E-state index contributed by atoms with van der Waals surface area (Å²) < 4.78 is 7.52. The van der Waals surface area contributed by atoms with Crippen LogP contribution in [0, 0.1) is 25.7 Å². The fourth-order valence-electron chi connectivity index (χ4n) is 6.78. The lowest BCUT2D eigenvalue weighted by Gasteiger charge is -2.38. The van der Waals surface area contributed by atoms with Gasteiger partial charge < -0.3 is 25.2 Å². The maximum Gasteiger partial charge on any atom is 0.166 e. The molecular weight excluding hydrogens is 498 g/mol. The van der Waals surface area contributed by atoms with E-state index in [1.807, 2.05) is 6.07 Å². The molecule has 2 fully saturated rings. The van der Waals surface area contributed by atoms with Crippen LogP contribution in [0.1, 0.15) is 55.7 Å². The number of likely N-dealkylation sites (tertiary alicyclic amines) is 1. The quantitative estimate of drug-likeness (QED) is 0.470. The van der Waals surface area contributed by atoms with E-state index in [1.54, 1.807) is 12.7 Å². The summed E-state index contributed by atoms with van der Waals surface area (Å²) in [5, 5.41) is 4.91. The lowest BCUT2D eigenvalue weighted by atomic mass is 9.86. The fraction of sp³-hybridized carbons (Fsp3) is 0.625. The van der Waals surface area contributed by atoms with E-state index in [9.17, 15) is 0 Å². The van der Waals surface area contributed by atoms with Crippen LogP contribution in [0.5, 0.6) is 5.75 Å². The topological polar surface area (TPSA) is 75.7 Å². The summed E-state index contributed by atoms with van der Waals surface area (Å²) in [6.45, 7) is 14.6. The number of aryl methyl sites for hydroxylation is 3. The number of anilines is 1. The van der Waals surface area contributed by atoms with Crippen LogP contribution in [-0.4, -0.2) is 89.4 Å². The molecule has 8 nitrogen and oxygen atoms in total. The van der Waals surface area contributed by atoms with Gasteiger partial charge >= 0.3 is 0 Å². The number of methoxy groups -OCH3 is 1. The van der Waals surface area contributed by atoms with E-state index in [0.717, 1.165) is 63.4 Å². The van der Waals surface area contributed by atoms with Crippen LogP contribution in [0.15, 0.2) is 41.6 Å². The van der Waals surface area contributed by atoms with Gasteiger partial charge in [0.15, 0.2) is 11.6 Å². The molecule has 8 heteroatoms. The van der Waals surface area contributed by atoms with Crippen molar-refractivity contribution in [3.63, 3.8) is 0 Å². The van der Waals surface area contributed by atoms with Gasteiger partial charge in [-0.2, -0.15) is 5.10 Å². The molecule has 2 N–H and O–H groups in total. The van der Waals surface area contributed by atoms with E-state index in [4.69, 9.17) is 15.6 Å². The number of nitrogens with zero attached hydrogens (tertiary/aromatic N) is 6. The van der Waals surface area contributed by atoms with Gasteiger partial charge in [0.25, 0.3) is 0 Å². The summed E-state index contributed by atoms with van der Waals surface area (Å²) in [6, 6.07) is 6.48. The highest BCUT2D eigenvalue weighted by molar-refractivity contribution is 5.46. The normalized spacial score (nSPS) is 23.3. The van der Waals surface area contributed by atoms with Crippen LogP contribution in [-0.2, 0) is 6.42 Å². The average Bonchev–Trinajstić information content (AvgIpc) is 3.55. The second-order valence-electron chi connectivity index (χ2n) is 12.2. The molecule has 0 radical (unpaired) electrons. The highest BCUT2D eigenvalue weighted by Gasteiger charge is 2.30. The summed E-state index contributed by atoms with van der Waals surface area (Å²) in [5.74, 6) is 2.43. The van der Waals surface area contributed by atoms with Crippen molar-refractivity contribution in [1.82, 2.24) is 29.5 Å². The van der Waals surface area contributed by atoms with Crippen molar-refractivity contribution in [2.75, 3.05) is 65.7 Å². The molecule has 0 saturated carbocycles. The highest BCUT2D eigenvalue weighted by atomic mass is 16.5. The van der Waals surface area contributed by atoms with Crippen molar-refractivity contribution in [2.45, 2.75) is 58.9 Å². The summed E-state index contributed by atoms with van der Waals surface area (Å²) in [7, 11) is 3.86. The summed E-state index contributed by atoms with van der Waals surface area (Å²) in [5.41, 5.74) is 12.4. The van der Waals surface area contributed by atoms with Gasteiger partial charge in [-0.3, -0.25) is 4.68 Å². The number of ether oxygens (including phenoxy) is 1. The summed E-state index contributed by atoms with van der Waals surface area (Å²) in [4.78, 5) is 12.3. The zero-order valence-electron chi connectivity index (χ0n) is 25.3. The van der Waals surface area contributed by atoms with Gasteiger partial charge in [-0.1, -0.05) is 12.5 Å². The number of hydrogen-bond donors (Lipinski definition) is 1. The number of rotatable bonds is 10. The zero-order chi connectivity index (χ0) is 28.2. The third-order valence-electron chi connectivity index (χ3n) is 9.21. The molecule has 2 saturated heterocycles. The molecule has 2 aromatic heterocycles. The largest absolute Gasteiger partial charge is 0.493 e. The Labute approximate surface area is 240 Å². The van der Waals surface area contributed by atoms with Gasteiger partial charge in [0.05, 0.1) is 18.8 Å². The first-order valence-electron chi connectivity index (χ1n) is 15.2. The standard InChI is InChI=1S/C32H49N7O/c1-6-26(22-37-12-11-25(21-37)7-8-28-9-10-31(40-5)32(33)34-28)27-18-29(38-15-13-36(4)14-16-38)20-30(19-27)39-24(3)17-23(2)35-39/h9-10,17-18,20,25-26,30H,6-8,11-16,19,21-22H2,1-5H3,(H2,33,34). The van der Waals surface area contributed by atoms with Gasteiger partial charge in [0.2, 0.25) is 0 Å². The molecule has 3 unspecified atom stereocenters. The molecule has 4 heterocycles. The summed E-state index contributed by atoms with van der Waals surface area (Å²) in [6.07, 6.45) is 10.6. The number of aromatic nitrogens is 3. The molecule has 2 aromatic rings. The third kappa shape index (κ3) is 6.72. The maximum absolute atomic E-state index is 6.03. The van der Waals surface area contributed by atoms with Crippen LogP contribution < -0.4 is 10.5 Å². The van der Waals surface area contributed by atoms with Crippen LogP contribution in [0.2, 0.25) is 0 Å². The molecule has 0 amide bonds. The van der Waals surface area contributed by atoms with E-state index in [-0.39, 0.29) is 6.04 Å². The van der Waals surface area contributed by atoms with Gasteiger partial charge in [-0.25, -0.2) is 4.98 Å². The number of nitrogens with two attached hydrogens (primary N) is 1. The lowest BCUT2D eigenvalue weighted by Crippen LogP contribution is -2.44.